The fraction of sp³-hybridized carbons (Fsp3) is 0.231. The normalized spacial score (nSPS) is 14.5. The van der Waals surface area contributed by atoms with E-state index < -0.39 is 5.82 Å². The third-order valence-electron chi connectivity index (χ3n) is 5.78. The summed E-state index contributed by atoms with van der Waals surface area (Å²) in [5.74, 6) is 0.0186. The second kappa shape index (κ2) is 10.2. The maximum atomic E-state index is 13.5. The molecule has 0 aliphatic carbocycles. The van der Waals surface area contributed by atoms with Crippen LogP contribution >= 0.6 is 0 Å². The van der Waals surface area contributed by atoms with E-state index in [-0.39, 0.29) is 18.0 Å². The summed E-state index contributed by atoms with van der Waals surface area (Å²) in [7, 11) is 1.61. The summed E-state index contributed by atoms with van der Waals surface area (Å²) in [5.41, 5.74) is 2.11. The van der Waals surface area contributed by atoms with Gasteiger partial charge >= 0.3 is 6.03 Å². The lowest BCUT2D eigenvalue weighted by Gasteiger charge is -2.35. The summed E-state index contributed by atoms with van der Waals surface area (Å²) < 4.78 is 19.0. The number of carbonyl (C=O) groups is 2. The topological polar surface area (TPSA) is 61.9 Å². The van der Waals surface area contributed by atoms with E-state index in [1.807, 2.05) is 54.6 Å². The molecule has 170 valence electrons. The zero-order valence-electron chi connectivity index (χ0n) is 18.4. The molecule has 4 rings (SSSR count). The summed E-state index contributed by atoms with van der Waals surface area (Å²) in [6, 6.07) is 22.4. The van der Waals surface area contributed by atoms with Crippen LogP contribution in [0.25, 0.3) is 0 Å². The number of methoxy groups -OCH3 is 1. The molecule has 3 aromatic carbocycles. The maximum absolute atomic E-state index is 13.5. The van der Waals surface area contributed by atoms with Crippen LogP contribution in [0.3, 0.4) is 0 Å². The standard InChI is InChI=1S/C26H26FN3O3/c1-33-23-13-6-5-12-22(23)24(19-8-3-2-4-9-19)28-26(32)30-16-14-29(15-17-30)25(31)20-10-7-11-21(27)18-20/h2-13,18,24H,14-17H2,1H3,(H,28,32). The van der Waals surface area contributed by atoms with Crippen molar-refractivity contribution >= 4 is 11.9 Å². The van der Waals surface area contributed by atoms with E-state index in [4.69, 9.17) is 4.74 Å². The number of piperazine rings is 1. The number of nitrogens with one attached hydrogen (secondary N) is 1. The molecule has 7 heteroatoms. The van der Waals surface area contributed by atoms with Crippen molar-refractivity contribution in [3.05, 3.63) is 101 Å². The molecule has 1 heterocycles. The monoisotopic (exact) mass is 447 g/mol. The first-order valence-electron chi connectivity index (χ1n) is 10.8. The van der Waals surface area contributed by atoms with Gasteiger partial charge in [0.25, 0.3) is 5.91 Å². The van der Waals surface area contributed by atoms with Crippen molar-refractivity contribution in [2.45, 2.75) is 6.04 Å². The van der Waals surface area contributed by atoms with E-state index in [2.05, 4.69) is 5.32 Å². The average Bonchev–Trinajstić information content (AvgIpc) is 2.87. The number of hydrogen-bond donors (Lipinski definition) is 1. The number of rotatable bonds is 5. The molecule has 0 bridgehead atoms. The minimum Gasteiger partial charge on any atom is -0.496 e. The van der Waals surface area contributed by atoms with Gasteiger partial charge < -0.3 is 19.9 Å². The Kier molecular flexibility index (Phi) is 6.88. The van der Waals surface area contributed by atoms with Crippen LogP contribution in [0.15, 0.2) is 78.9 Å². The van der Waals surface area contributed by atoms with Crippen LogP contribution < -0.4 is 10.1 Å². The highest BCUT2D eigenvalue weighted by molar-refractivity contribution is 5.94. The number of ether oxygens (including phenoxy) is 1. The van der Waals surface area contributed by atoms with Gasteiger partial charge in [-0.05, 0) is 29.8 Å². The third kappa shape index (κ3) is 5.14. The van der Waals surface area contributed by atoms with Gasteiger partial charge in [-0.2, -0.15) is 0 Å². The van der Waals surface area contributed by atoms with Crippen molar-refractivity contribution in [3.63, 3.8) is 0 Å². The molecular weight excluding hydrogens is 421 g/mol. The highest BCUT2D eigenvalue weighted by Gasteiger charge is 2.28. The predicted molar refractivity (Wildman–Crippen MR) is 124 cm³/mol. The van der Waals surface area contributed by atoms with Crippen molar-refractivity contribution in [2.75, 3.05) is 33.3 Å². The van der Waals surface area contributed by atoms with Crippen LogP contribution in [0.5, 0.6) is 5.75 Å². The Hall–Kier alpha value is -3.87. The van der Waals surface area contributed by atoms with E-state index >= 15 is 0 Å². The first kappa shape index (κ1) is 22.3. The van der Waals surface area contributed by atoms with Gasteiger partial charge in [0.2, 0.25) is 0 Å². The Morgan fingerprint density at radius 1 is 0.879 bits per heavy atom. The van der Waals surface area contributed by atoms with Gasteiger partial charge in [-0.3, -0.25) is 4.79 Å². The first-order chi connectivity index (χ1) is 16.1. The number of urea groups is 1. The van der Waals surface area contributed by atoms with E-state index in [9.17, 15) is 14.0 Å². The van der Waals surface area contributed by atoms with Crippen molar-refractivity contribution < 1.29 is 18.7 Å². The van der Waals surface area contributed by atoms with E-state index in [1.54, 1.807) is 23.0 Å². The van der Waals surface area contributed by atoms with Crippen molar-refractivity contribution in [3.8, 4) is 5.75 Å². The summed E-state index contributed by atoms with van der Waals surface area (Å²) in [6.07, 6.45) is 0. The van der Waals surface area contributed by atoms with E-state index in [1.165, 1.54) is 18.2 Å². The molecule has 1 aliphatic rings. The molecule has 0 radical (unpaired) electrons. The van der Waals surface area contributed by atoms with Crippen molar-refractivity contribution in [2.24, 2.45) is 0 Å². The molecule has 3 amide bonds. The number of hydrogen-bond acceptors (Lipinski definition) is 3. The highest BCUT2D eigenvalue weighted by Crippen LogP contribution is 2.30. The zero-order valence-corrected chi connectivity index (χ0v) is 18.4. The Bertz CT molecular complexity index is 1110. The fourth-order valence-electron chi connectivity index (χ4n) is 4.02. The minimum atomic E-state index is -0.442. The molecule has 0 saturated carbocycles. The summed E-state index contributed by atoms with van der Waals surface area (Å²) >= 11 is 0. The van der Waals surface area contributed by atoms with Gasteiger partial charge in [-0.15, -0.1) is 0 Å². The van der Waals surface area contributed by atoms with Crippen LogP contribution in [0.2, 0.25) is 0 Å². The molecule has 1 saturated heterocycles. The largest absolute Gasteiger partial charge is 0.496 e. The van der Waals surface area contributed by atoms with Crippen LogP contribution in [-0.4, -0.2) is 55.0 Å². The minimum absolute atomic E-state index is 0.215. The third-order valence-corrected chi connectivity index (χ3v) is 5.78. The first-order valence-corrected chi connectivity index (χ1v) is 10.8. The number of benzene rings is 3. The summed E-state index contributed by atoms with van der Waals surface area (Å²) in [6.45, 7) is 1.54. The smallest absolute Gasteiger partial charge is 0.318 e. The fourth-order valence-corrected chi connectivity index (χ4v) is 4.02. The second-order valence-electron chi connectivity index (χ2n) is 7.82. The predicted octanol–water partition coefficient (Wildman–Crippen LogP) is 4.09. The van der Waals surface area contributed by atoms with Crippen molar-refractivity contribution in [1.29, 1.82) is 0 Å². The number of amides is 3. The lowest BCUT2D eigenvalue weighted by molar-refractivity contribution is 0.0663. The van der Waals surface area contributed by atoms with Crippen LogP contribution in [0.4, 0.5) is 9.18 Å². The van der Waals surface area contributed by atoms with Gasteiger partial charge in [0.05, 0.1) is 13.2 Å². The van der Waals surface area contributed by atoms with Gasteiger partial charge in [-0.25, -0.2) is 9.18 Å². The zero-order chi connectivity index (χ0) is 23.2. The number of halogens is 1. The molecule has 0 spiro atoms. The van der Waals surface area contributed by atoms with E-state index in [0.717, 1.165) is 11.1 Å². The van der Waals surface area contributed by atoms with Gasteiger partial charge in [0, 0.05) is 37.3 Å². The Labute approximate surface area is 192 Å². The second-order valence-corrected chi connectivity index (χ2v) is 7.82. The number of nitrogens with zero attached hydrogens (tertiary/aromatic N) is 2. The SMILES string of the molecule is COc1ccccc1C(NC(=O)N1CCN(C(=O)c2cccc(F)c2)CC1)c1ccccc1. The highest BCUT2D eigenvalue weighted by atomic mass is 19.1. The van der Waals surface area contributed by atoms with Gasteiger partial charge in [0.1, 0.15) is 11.6 Å². The summed E-state index contributed by atoms with van der Waals surface area (Å²) in [5, 5.41) is 3.13. The lowest BCUT2D eigenvalue weighted by Crippen LogP contribution is -2.53. The molecule has 1 unspecified atom stereocenters. The van der Waals surface area contributed by atoms with Gasteiger partial charge in [-0.1, -0.05) is 54.6 Å². The average molecular weight is 448 g/mol. The molecule has 1 fully saturated rings. The molecule has 1 atom stereocenters. The quantitative estimate of drug-likeness (QED) is 0.641. The Morgan fingerprint density at radius 2 is 1.55 bits per heavy atom. The lowest BCUT2D eigenvalue weighted by atomic mass is 9.98. The molecule has 1 aliphatic heterocycles. The van der Waals surface area contributed by atoms with Gasteiger partial charge in [0.15, 0.2) is 0 Å². The molecule has 3 aromatic rings. The molecule has 6 nitrogen and oxygen atoms in total. The molecule has 33 heavy (non-hydrogen) atoms. The maximum Gasteiger partial charge on any atom is 0.318 e. The Morgan fingerprint density at radius 3 is 2.24 bits per heavy atom. The number of carbonyl (C=O) groups excluding carboxylic acids is 2. The van der Waals surface area contributed by atoms with Crippen LogP contribution in [0.1, 0.15) is 27.5 Å². The van der Waals surface area contributed by atoms with Crippen LogP contribution in [-0.2, 0) is 0 Å². The number of para-hydroxylation sites is 1. The van der Waals surface area contributed by atoms with Crippen LogP contribution in [0, 0.1) is 5.82 Å². The van der Waals surface area contributed by atoms with Crippen molar-refractivity contribution in [1.82, 2.24) is 15.1 Å². The molecular formula is C26H26FN3O3. The molecule has 1 N–H and O–H groups in total. The van der Waals surface area contributed by atoms with E-state index in [0.29, 0.717) is 37.5 Å². The Balaban J connectivity index is 1.45. The summed E-state index contributed by atoms with van der Waals surface area (Å²) in [4.78, 5) is 29.2. The molecule has 0 aromatic heterocycles.